The summed E-state index contributed by atoms with van der Waals surface area (Å²) in [5, 5.41) is 0. The van der Waals surface area contributed by atoms with E-state index in [1.807, 2.05) is 12.3 Å². The van der Waals surface area contributed by atoms with E-state index in [2.05, 4.69) is 64.0 Å². The highest BCUT2D eigenvalue weighted by Crippen LogP contribution is 2.49. The molecule has 1 saturated carbocycles. The summed E-state index contributed by atoms with van der Waals surface area (Å²) in [6, 6.07) is 10.8. The monoisotopic (exact) mass is 258 g/mol. The minimum Gasteiger partial charge on any atom is -0.303 e. The van der Waals surface area contributed by atoms with Gasteiger partial charge in [-0.1, -0.05) is 44.2 Å². The van der Waals surface area contributed by atoms with E-state index in [4.69, 9.17) is 4.99 Å². The van der Waals surface area contributed by atoms with E-state index in [1.54, 1.807) is 0 Å². The van der Waals surface area contributed by atoms with Crippen molar-refractivity contribution < 1.29 is 0 Å². The second kappa shape index (κ2) is 5.09. The topological polar surface area (TPSA) is 15.6 Å². The second-order valence-electron chi connectivity index (χ2n) is 6.63. The molecule has 0 radical (unpaired) electrons. The van der Waals surface area contributed by atoms with Crippen LogP contribution in [0.15, 0.2) is 35.3 Å². The number of hydrogen-bond acceptors (Lipinski definition) is 2. The van der Waals surface area contributed by atoms with Crippen LogP contribution in [0.25, 0.3) is 0 Å². The molecule has 2 atom stereocenters. The van der Waals surface area contributed by atoms with Crippen LogP contribution < -0.4 is 0 Å². The van der Waals surface area contributed by atoms with Gasteiger partial charge in [-0.25, -0.2) is 0 Å². The number of hydrogen-bond donors (Lipinski definition) is 0. The van der Waals surface area contributed by atoms with Crippen LogP contribution in [0.3, 0.4) is 0 Å². The summed E-state index contributed by atoms with van der Waals surface area (Å²) in [5.41, 5.74) is 1.62. The summed E-state index contributed by atoms with van der Waals surface area (Å²) in [7, 11) is 4.37. The lowest BCUT2D eigenvalue weighted by molar-refractivity contribution is 0.0568. The molecular weight excluding hydrogens is 232 g/mol. The maximum atomic E-state index is 4.87. The molecule has 0 unspecified atom stereocenters. The molecule has 0 N–H and O–H groups in total. The number of rotatable bonds is 3. The molecule has 19 heavy (non-hydrogen) atoms. The summed E-state index contributed by atoms with van der Waals surface area (Å²) in [6.07, 6.45) is 4.42. The molecule has 0 saturated heterocycles. The maximum absolute atomic E-state index is 4.87. The minimum absolute atomic E-state index is 0.196. The molecule has 104 valence electrons. The van der Waals surface area contributed by atoms with Crippen molar-refractivity contribution in [3.05, 3.63) is 35.9 Å². The van der Waals surface area contributed by atoms with Gasteiger partial charge in [0.25, 0.3) is 0 Å². The lowest BCUT2D eigenvalue weighted by atomic mass is 9.73. The summed E-state index contributed by atoms with van der Waals surface area (Å²) in [6.45, 7) is 7.07. The molecule has 2 nitrogen and oxygen atoms in total. The van der Waals surface area contributed by atoms with Gasteiger partial charge in [0, 0.05) is 17.2 Å². The van der Waals surface area contributed by atoms with Gasteiger partial charge in [0.2, 0.25) is 0 Å². The average Bonchev–Trinajstić information content (AvgIpc) is 2.61. The van der Waals surface area contributed by atoms with Crippen LogP contribution >= 0.6 is 0 Å². The Labute approximate surface area is 117 Å². The van der Waals surface area contributed by atoms with E-state index in [0.717, 1.165) is 0 Å². The van der Waals surface area contributed by atoms with Gasteiger partial charge in [0.05, 0.1) is 6.04 Å². The van der Waals surface area contributed by atoms with E-state index in [0.29, 0.717) is 6.04 Å². The summed E-state index contributed by atoms with van der Waals surface area (Å²) >= 11 is 0. The molecule has 1 aromatic carbocycles. The summed E-state index contributed by atoms with van der Waals surface area (Å²) in [5.74, 6) is 0. The van der Waals surface area contributed by atoms with E-state index < -0.39 is 0 Å². The van der Waals surface area contributed by atoms with Crippen molar-refractivity contribution in [2.75, 3.05) is 14.1 Å². The van der Waals surface area contributed by atoms with Gasteiger partial charge >= 0.3 is 0 Å². The SMILES string of the molecule is CN(C)[C@]1(C)CC[C@H](N=Cc2ccccc2)C1(C)C. The van der Waals surface area contributed by atoms with Gasteiger partial charge < -0.3 is 4.90 Å². The van der Waals surface area contributed by atoms with Crippen LogP contribution in [0.2, 0.25) is 0 Å². The molecule has 0 spiro atoms. The zero-order valence-corrected chi connectivity index (χ0v) is 12.9. The molecule has 0 bridgehead atoms. The van der Waals surface area contributed by atoms with Crippen molar-refractivity contribution in [2.24, 2.45) is 10.4 Å². The lowest BCUT2D eigenvalue weighted by Gasteiger charge is -2.45. The first-order chi connectivity index (χ1) is 8.88. The first-order valence-corrected chi connectivity index (χ1v) is 7.13. The minimum atomic E-state index is 0.196. The third kappa shape index (κ3) is 2.46. The van der Waals surface area contributed by atoms with E-state index in [-0.39, 0.29) is 11.0 Å². The third-order valence-corrected chi connectivity index (χ3v) is 5.32. The molecule has 0 heterocycles. The fraction of sp³-hybridized carbons (Fsp3) is 0.588. The first kappa shape index (κ1) is 14.3. The Morgan fingerprint density at radius 2 is 1.79 bits per heavy atom. The van der Waals surface area contributed by atoms with E-state index >= 15 is 0 Å². The van der Waals surface area contributed by atoms with Crippen molar-refractivity contribution >= 4 is 6.21 Å². The molecule has 0 aromatic heterocycles. The molecule has 2 heteroatoms. The van der Waals surface area contributed by atoms with Gasteiger partial charge in [-0.2, -0.15) is 0 Å². The van der Waals surface area contributed by atoms with Gasteiger partial charge in [0.15, 0.2) is 0 Å². The Kier molecular flexibility index (Phi) is 3.82. The molecule has 1 aromatic rings. The quantitative estimate of drug-likeness (QED) is 0.756. The Morgan fingerprint density at radius 1 is 1.16 bits per heavy atom. The predicted molar refractivity (Wildman–Crippen MR) is 82.9 cm³/mol. The second-order valence-corrected chi connectivity index (χ2v) is 6.63. The van der Waals surface area contributed by atoms with E-state index in [1.165, 1.54) is 18.4 Å². The third-order valence-electron chi connectivity index (χ3n) is 5.32. The number of benzene rings is 1. The molecule has 0 amide bonds. The highest BCUT2D eigenvalue weighted by molar-refractivity contribution is 5.79. The first-order valence-electron chi connectivity index (χ1n) is 7.13. The van der Waals surface area contributed by atoms with Crippen LogP contribution in [-0.2, 0) is 0 Å². The normalized spacial score (nSPS) is 30.3. The van der Waals surface area contributed by atoms with Gasteiger partial charge in [0.1, 0.15) is 0 Å². The van der Waals surface area contributed by atoms with Crippen molar-refractivity contribution in [3.8, 4) is 0 Å². The van der Waals surface area contributed by atoms with Crippen molar-refractivity contribution in [1.82, 2.24) is 4.90 Å². The van der Waals surface area contributed by atoms with Crippen LogP contribution in [0.4, 0.5) is 0 Å². The summed E-state index contributed by atoms with van der Waals surface area (Å²) in [4.78, 5) is 7.24. The number of aliphatic imine (C=N–C) groups is 1. The zero-order valence-electron chi connectivity index (χ0n) is 12.9. The smallest absolute Gasteiger partial charge is 0.0569 e. The Balaban J connectivity index is 2.18. The highest BCUT2D eigenvalue weighted by Gasteiger charge is 2.52. The van der Waals surface area contributed by atoms with Crippen molar-refractivity contribution in [1.29, 1.82) is 0 Å². The Morgan fingerprint density at radius 3 is 2.32 bits per heavy atom. The lowest BCUT2D eigenvalue weighted by Crippen LogP contribution is -2.52. The highest BCUT2D eigenvalue weighted by atomic mass is 15.2. The van der Waals surface area contributed by atoms with Crippen molar-refractivity contribution in [2.45, 2.75) is 45.2 Å². The molecular formula is C17H26N2. The van der Waals surface area contributed by atoms with Crippen LogP contribution in [0, 0.1) is 5.41 Å². The molecule has 1 aliphatic carbocycles. The largest absolute Gasteiger partial charge is 0.303 e. The number of nitrogens with zero attached hydrogens (tertiary/aromatic N) is 2. The van der Waals surface area contributed by atoms with Crippen molar-refractivity contribution in [3.63, 3.8) is 0 Å². The van der Waals surface area contributed by atoms with Gasteiger partial charge in [-0.05, 0) is 39.4 Å². The Bertz CT molecular complexity index is 448. The predicted octanol–water partition coefficient (Wildman–Crippen LogP) is 3.61. The molecule has 2 rings (SSSR count). The zero-order chi connectivity index (χ0) is 14.1. The molecule has 0 aliphatic heterocycles. The fourth-order valence-corrected chi connectivity index (χ4v) is 3.24. The van der Waals surface area contributed by atoms with Crippen LogP contribution in [-0.4, -0.2) is 36.8 Å². The van der Waals surface area contributed by atoms with Gasteiger partial charge in [-0.15, -0.1) is 0 Å². The fourth-order valence-electron chi connectivity index (χ4n) is 3.24. The average molecular weight is 258 g/mol. The maximum Gasteiger partial charge on any atom is 0.0569 e. The van der Waals surface area contributed by atoms with Crippen LogP contribution in [0.5, 0.6) is 0 Å². The Hall–Kier alpha value is -1.15. The standard InChI is InChI=1S/C17H26N2/c1-16(2)15(11-12-17(16,3)19(4)5)18-13-14-9-7-6-8-10-14/h6-10,13,15H,11-12H2,1-5H3/t15-,17+/m0/s1. The van der Waals surface area contributed by atoms with Gasteiger partial charge in [-0.3, -0.25) is 4.99 Å². The van der Waals surface area contributed by atoms with Crippen LogP contribution in [0.1, 0.15) is 39.2 Å². The van der Waals surface area contributed by atoms with E-state index in [9.17, 15) is 0 Å². The molecule has 1 fully saturated rings. The molecule has 1 aliphatic rings. The summed E-state index contributed by atoms with van der Waals surface area (Å²) < 4.78 is 0.